The van der Waals surface area contributed by atoms with Crippen LogP contribution in [0.1, 0.15) is 35.5 Å². The number of carbonyl (C=O) groups is 1. The quantitative estimate of drug-likeness (QED) is 0.706. The molecule has 3 N–H and O–H groups in total. The number of nitrogens with zero attached hydrogens (tertiary/aromatic N) is 2. The first-order chi connectivity index (χ1) is 13.0. The number of nitrogens with two attached hydrogens (primary N) is 1. The molecule has 1 amide bonds. The topological polar surface area (TPSA) is 94.0 Å². The Labute approximate surface area is 158 Å². The van der Waals surface area contributed by atoms with Gasteiger partial charge in [0.1, 0.15) is 0 Å². The van der Waals surface area contributed by atoms with E-state index in [9.17, 15) is 18.0 Å². The molecule has 6 nitrogen and oxygen atoms in total. The smallest absolute Gasteiger partial charge is 0.346 e. The molecule has 148 valence electrons. The molecule has 3 rings (SSSR count). The average Bonchev–Trinajstić information content (AvgIpc) is 3.01. The molecule has 0 unspecified atom stereocenters. The SMILES string of the molecule is Cc1noc2nc(-c3cccc(C(F)(F)F)c3)cc(C(=O)NC(C)(C)CN)c12. The summed E-state index contributed by atoms with van der Waals surface area (Å²) in [6.45, 7) is 5.38. The fourth-order valence-corrected chi connectivity index (χ4v) is 2.70. The number of pyridine rings is 1. The van der Waals surface area contributed by atoms with E-state index in [0.29, 0.717) is 11.1 Å². The summed E-state index contributed by atoms with van der Waals surface area (Å²) in [5.41, 5.74) is 5.30. The highest BCUT2D eigenvalue weighted by atomic mass is 19.4. The third kappa shape index (κ3) is 3.84. The maximum Gasteiger partial charge on any atom is 0.416 e. The second kappa shape index (κ2) is 6.90. The van der Waals surface area contributed by atoms with E-state index in [0.717, 1.165) is 12.1 Å². The molecular weight excluding hydrogens is 373 g/mol. The Balaban J connectivity index is 2.15. The first kappa shape index (κ1) is 19.8. The first-order valence-corrected chi connectivity index (χ1v) is 8.49. The van der Waals surface area contributed by atoms with Gasteiger partial charge in [-0.1, -0.05) is 17.3 Å². The van der Waals surface area contributed by atoms with Crippen LogP contribution in [-0.2, 0) is 6.18 Å². The van der Waals surface area contributed by atoms with Crippen molar-refractivity contribution in [3.05, 3.63) is 47.2 Å². The van der Waals surface area contributed by atoms with Crippen LogP contribution in [0.5, 0.6) is 0 Å². The molecule has 0 saturated carbocycles. The molecule has 2 heterocycles. The minimum atomic E-state index is -4.49. The maximum atomic E-state index is 13.0. The molecule has 28 heavy (non-hydrogen) atoms. The molecule has 2 aromatic heterocycles. The van der Waals surface area contributed by atoms with Crippen molar-refractivity contribution in [3.63, 3.8) is 0 Å². The highest BCUT2D eigenvalue weighted by Gasteiger charge is 2.31. The number of rotatable bonds is 4. The van der Waals surface area contributed by atoms with Crippen LogP contribution in [0.25, 0.3) is 22.4 Å². The van der Waals surface area contributed by atoms with Gasteiger partial charge in [0.25, 0.3) is 11.6 Å². The average molecular weight is 392 g/mol. The number of aromatic nitrogens is 2. The summed E-state index contributed by atoms with van der Waals surface area (Å²) in [6, 6.07) is 6.15. The van der Waals surface area contributed by atoms with Crippen molar-refractivity contribution in [1.82, 2.24) is 15.5 Å². The molecule has 0 aliphatic heterocycles. The van der Waals surface area contributed by atoms with Crippen molar-refractivity contribution < 1.29 is 22.5 Å². The monoisotopic (exact) mass is 392 g/mol. The van der Waals surface area contributed by atoms with E-state index in [1.165, 1.54) is 18.2 Å². The predicted molar refractivity (Wildman–Crippen MR) is 97.6 cm³/mol. The predicted octanol–water partition coefficient (Wildman–Crippen LogP) is 3.68. The van der Waals surface area contributed by atoms with E-state index in [1.54, 1.807) is 20.8 Å². The van der Waals surface area contributed by atoms with Crippen molar-refractivity contribution in [2.45, 2.75) is 32.5 Å². The molecule has 0 fully saturated rings. The molecular formula is C19H19F3N4O2. The first-order valence-electron chi connectivity index (χ1n) is 8.49. The lowest BCUT2D eigenvalue weighted by molar-refractivity contribution is -0.137. The molecule has 1 aromatic carbocycles. The van der Waals surface area contributed by atoms with Gasteiger partial charge in [-0.2, -0.15) is 13.2 Å². The Kier molecular flexibility index (Phi) is 4.88. The van der Waals surface area contributed by atoms with Gasteiger partial charge >= 0.3 is 6.18 Å². The van der Waals surface area contributed by atoms with Crippen molar-refractivity contribution in [2.24, 2.45) is 5.73 Å². The van der Waals surface area contributed by atoms with Gasteiger partial charge in [0.2, 0.25) is 0 Å². The third-order valence-corrected chi connectivity index (χ3v) is 4.31. The number of hydrogen-bond donors (Lipinski definition) is 2. The van der Waals surface area contributed by atoms with Gasteiger partial charge in [-0.05, 0) is 39.0 Å². The molecule has 9 heteroatoms. The summed E-state index contributed by atoms with van der Waals surface area (Å²) in [6.07, 6.45) is -4.49. The summed E-state index contributed by atoms with van der Waals surface area (Å²) in [4.78, 5) is 17.1. The summed E-state index contributed by atoms with van der Waals surface area (Å²) in [7, 11) is 0. The maximum absolute atomic E-state index is 13.0. The largest absolute Gasteiger partial charge is 0.416 e. The molecule has 0 spiro atoms. The van der Waals surface area contributed by atoms with Crippen LogP contribution >= 0.6 is 0 Å². The lowest BCUT2D eigenvalue weighted by Gasteiger charge is -2.24. The Bertz CT molecular complexity index is 1040. The zero-order valence-corrected chi connectivity index (χ0v) is 15.5. The number of alkyl halides is 3. The van der Waals surface area contributed by atoms with Gasteiger partial charge in [0.05, 0.1) is 27.9 Å². The lowest BCUT2D eigenvalue weighted by Crippen LogP contribution is -2.48. The summed E-state index contributed by atoms with van der Waals surface area (Å²) in [5.74, 6) is -0.442. The number of hydrogen-bond acceptors (Lipinski definition) is 5. The molecule has 0 aliphatic rings. The van der Waals surface area contributed by atoms with Gasteiger partial charge in [0, 0.05) is 17.6 Å². The van der Waals surface area contributed by atoms with Crippen LogP contribution in [0.15, 0.2) is 34.9 Å². The van der Waals surface area contributed by atoms with E-state index >= 15 is 0 Å². The Morgan fingerprint density at radius 1 is 1.25 bits per heavy atom. The van der Waals surface area contributed by atoms with Crippen molar-refractivity contribution >= 4 is 17.0 Å². The summed E-state index contributed by atoms with van der Waals surface area (Å²) >= 11 is 0. The minimum Gasteiger partial charge on any atom is -0.346 e. The number of aryl methyl sites for hydroxylation is 1. The van der Waals surface area contributed by atoms with Gasteiger partial charge < -0.3 is 15.6 Å². The third-order valence-electron chi connectivity index (χ3n) is 4.31. The lowest BCUT2D eigenvalue weighted by atomic mass is 10.0. The number of amides is 1. The fourth-order valence-electron chi connectivity index (χ4n) is 2.70. The molecule has 3 aromatic rings. The zero-order chi connectivity index (χ0) is 20.7. The van der Waals surface area contributed by atoms with E-state index in [4.69, 9.17) is 10.3 Å². The van der Waals surface area contributed by atoms with Crippen LogP contribution in [0.3, 0.4) is 0 Å². The van der Waals surface area contributed by atoms with Gasteiger partial charge in [-0.3, -0.25) is 4.79 Å². The minimum absolute atomic E-state index is 0.0723. The summed E-state index contributed by atoms with van der Waals surface area (Å²) < 4.78 is 44.3. The van der Waals surface area contributed by atoms with Crippen LogP contribution < -0.4 is 11.1 Å². The fraction of sp³-hybridized carbons (Fsp3) is 0.316. The van der Waals surface area contributed by atoms with E-state index in [-0.39, 0.29) is 29.1 Å². The molecule has 0 atom stereocenters. The standard InChI is InChI=1S/C19H19F3N4O2/c1-10-15-13(16(27)25-18(2,3)9-23)8-14(24-17(15)28-26-10)11-5-4-6-12(7-11)19(20,21)22/h4-8H,9,23H2,1-3H3,(H,25,27). The van der Waals surface area contributed by atoms with Crippen LogP contribution in [0.4, 0.5) is 13.2 Å². The molecule has 0 saturated heterocycles. The Hall–Kier alpha value is -2.94. The number of carbonyl (C=O) groups excluding carboxylic acids is 1. The van der Waals surface area contributed by atoms with Crippen molar-refractivity contribution in [2.75, 3.05) is 6.54 Å². The molecule has 0 aliphatic carbocycles. The Morgan fingerprint density at radius 3 is 2.61 bits per heavy atom. The highest BCUT2D eigenvalue weighted by Crippen LogP contribution is 2.33. The molecule has 0 bridgehead atoms. The van der Waals surface area contributed by atoms with E-state index < -0.39 is 23.2 Å². The van der Waals surface area contributed by atoms with Gasteiger partial charge in [-0.25, -0.2) is 4.98 Å². The van der Waals surface area contributed by atoms with E-state index in [1.807, 2.05) is 0 Å². The zero-order valence-electron chi connectivity index (χ0n) is 15.5. The number of fused-ring (bicyclic) bond motifs is 1. The Morgan fingerprint density at radius 2 is 1.96 bits per heavy atom. The summed E-state index contributed by atoms with van der Waals surface area (Å²) in [5, 5.41) is 7.03. The number of nitrogens with one attached hydrogen (secondary N) is 1. The van der Waals surface area contributed by atoms with Crippen LogP contribution in [-0.4, -0.2) is 28.1 Å². The molecule has 0 radical (unpaired) electrons. The second-order valence-electron chi connectivity index (χ2n) is 7.12. The van der Waals surface area contributed by atoms with Crippen LogP contribution in [0, 0.1) is 6.92 Å². The second-order valence-corrected chi connectivity index (χ2v) is 7.12. The number of benzene rings is 1. The van der Waals surface area contributed by atoms with Crippen LogP contribution in [0.2, 0.25) is 0 Å². The highest BCUT2D eigenvalue weighted by molar-refractivity contribution is 6.07. The van der Waals surface area contributed by atoms with Gasteiger partial charge in [-0.15, -0.1) is 0 Å². The van der Waals surface area contributed by atoms with Crippen molar-refractivity contribution in [1.29, 1.82) is 0 Å². The van der Waals surface area contributed by atoms with Crippen molar-refractivity contribution in [3.8, 4) is 11.3 Å². The van der Waals surface area contributed by atoms with E-state index in [2.05, 4.69) is 15.5 Å². The number of halogens is 3. The normalized spacial score (nSPS) is 12.4. The van der Waals surface area contributed by atoms with Gasteiger partial charge in [0.15, 0.2) is 0 Å².